The summed E-state index contributed by atoms with van der Waals surface area (Å²) in [4.78, 5) is 4.35. The van der Waals surface area contributed by atoms with E-state index in [0.29, 0.717) is 0 Å². The van der Waals surface area contributed by atoms with Crippen molar-refractivity contribution in [2.75, 3.05) is 6.54 Å². The second kappa shape index (κ2) is 7.31. The zero-order chi connectivity index (χ0) is 10.1. The van der Waals surface area contributed by atoms with Crippen LogP contribution in [0, 0.1) is 0 Å². The molecule has 0 heterocycles. The van der Waals surface area contributed by atoms with Gasteiger partial charge in [-0.15, -0.1) is 0 Å². The van der Waals surface area contributed by atoms with Crippen LogP contribution in [0.15, 0.2) is 35.3 Å². The minimum Gasteiger partial charge on any atom is -0.298 e. The number of benzene rings is 1. The minimum atomic E-state index is 0.991. The molecule has 76 valence electrons. The Hall–Kier alpha value is -1.11. The lowest BCUT2D eigenvalue weighted by Crippen LogP contribution is -1.86. The molecular weight excluding hydrogens is 170 g/mol. The van der Waals surface area contributed by atoms with Crippen LogP contribution in [-0.2, 0) is 6.42 Å². The first-order chi connectivity index (χ1) is 6.93. The molecule has 0 aliphatic carbocycles. The molecule has 0 amide bonds. The van der Waals surface area contributed by atoms with Crippen molar-refractivity contribution in [2.45, 2.75) is 32.6 Å². The predicted molar refractivity (Wildman–Crippen MR) is 63.0 cm³/mol. The highest BCUT2D eigenvalue weighted by Crippen LogP contribution is 2.00. The SMILES string of the molecule is CCCCN=CCCc1ccccc1. The highest BCUT2D eigenvalue weighted by molar-refractivity contribution is 5.57. The maximum Gasteiger partial charge on any atom is 0.0385 e. The van der Waals surface area contributed by atoms with Gasteiger partial charge in [0.15, 0.2) is 0 Å². The molecule has 1 aromatic carbocycles. The second-order valence-corrected chi connectivity index (χ2v) is 3.47. The van der Waals surface area contributed by atoms with Gasteiger partial charge in [-0.1, -0.05) is 43.7 Å². The third-order valence-electron chi connectivity index (χ3n) is 2.17. The Kier molecular flexibility index (Phi) is 5.73. The van der Waals surface area contributed by atoms with Gasteiger partial charge >= 0.3 is 0 Å². The van der Waals surface area contributed by atoms with Crippen LogP contribution in [0.1, 0.15) is 31.7 Å². The molecule has 0 atom stereocenters. The lowest BCUT2D eigenvalue weighted by molar-refractivity contribution is 0.807. The summed E-state index contributed by atoms with van der Waals surface area (Å²) in [5, 5.41) is 0. The van der Waals surface area contributed by atoms with Gasteiger partial charge in [0.25, 0.3) is 0 Å². The zero-order valence-electron chi connectivity index (χ0n) is 8.95. The highest BCUT2D eigenvalue weighted by Gasteiger charge is 1.88. The number of nitrogens with zero attached hydrogens (tertiary/aromatic N) is 1. The van der Waals surface area contributed by atoms with Crippen LogP contribution in [-0.4, -0.2) is 12.8 Å². The second-order valence-electron chi connectivity index (χ2n) is 3.47. The van der Waals surface area contributed by atoms with Crippen molar-refractivity contribution in [1.29, 1.82) is 0 Å². The quantitative estimate of drug-likeness (QED) is 0.480. The van der Waals surface area contributed by atoms with Gasteiger partial charge in [-0.2, -0.15) is 0 Å². The number of unbranched alkanes of at least 4 members (excludes halogenated alkanes) is 1. The van der Waals surface area contributed by atoms with Crippen LogP contribution >= 0.6 is 0 Å². The zero-order valence-corrected chi connectivity index (χ0v) is 8.95. The van der Waals surface area contributed by atoms with E-state index < -0.39 is 0 Å². The van der Waals surface area contributed by atoms with Crippen molar-refractivity contribution >= 4 is 6.21 Å². The van der Waals surface area contributed by atoms with Gasteiger partial charge < -0.3 is 0 Å². The molecule has 0 aliphatic rings. The monoisotopic (exact) mass is 189 g/mol. The van der Waals surface area contributed by atoms with Crippen LogP contribution in [0.25, 0.3) is 0 Å². The van der Waals surface area contributed by atoms with Crippen molar-refractivity contribution in [1.82, 2.24) is 0 Å². The Morgan fingerprint density at radius 3 is 2.71 bits per heavy atom. The van der Waals surface area contributed by atoms with Crippen LogP contribution in [0.5, 0.6) is 0 Å². The van der Waals surface area contributed by atoms with E-state index in [-0.39, 0.29) is 0 Å². The average molecular weight is 189 g/mol. The summed E-state index contributed by atoms with van der Waals surface area (Å²) < 4.78 is 0. The fourth-order valence-corrected chi connectivity index (χ4v) is 1.31. The smallest absolute Gasteiger partial charge is 0.0385 e. The van der Waals surface area contributed by atoms with E-state index in [2.05, 4.69) is 48.5 Å². The van der Waals surface area contributed by atoms with E-state index in [1.807, 2.05) is 0 Å². The van der Waals surface area contributed by atoms with Gasteiger partial charge in [0.1, 0.15) is 0 Å². The Balaban J connectivity index is 2.12. The average Bonchev–Trinajstić information content (AvgIpc) is 2.25. The normalized spacial score (nSPS) is 10.9. The molecule has 0 saturated carbocycles. The van der Waals surface area contributed by atoms with Crippen LogP contribution < -0.4 is 0 Å². The van der Waals surface area contributed by atoms with Crippen LogP contribution in [0.2, 0.25) is 0 Å². The molecule has 14 heavy (non-hydrogen) atoms. The first kappa shape index (κ1) is 11.0. The Labute approximate surface area is 86.9 Å². The number of rotatable bonds is 6. The summed E-state index contributed by atoms with van der Waals surface area (Å²) >= 11 is 0. The molecule has 0 N–H and O–H groups in total. The highest BCUT2D eigenvalue weighted by atomic mass is 14.7. The predicted octanol–water partition coefficient (Wildman–Crippen LogP) is 3.49. The van der Waals surface area contributed by atoms with Crippen molar-refractivity contribution in [2.24, 2.45) is 4.99 Å². The van der Waals surface area contributed by atoms with E-state index in [1.54, 1.807) is 0 Å². The van der Waals surface area contributed by atoms with Gasteiger partial charge in [-0.05, 0) is 31.0 Å². The van der Waals surface area contributed by atoms with E-state index in [4.69, 9.17) is 0 Å². The topological polar surface area (TPSA) is 12.4 Å². The first-order valence-electron chi connectivity index (χ1n) is 5.45. The van der Waals surface area contributed by atoms with Gasteiger partial charge in [-0.3, -0.25) is 4.99 Å². The Morgan fingerprint density at radius 2 is 2.00 bits per heavy atom. The van der Waals surface area contributed by atoms with E-state index in [1.165, 1.54) is 18.4 Å². The summed E-state index contributed by atoms with van der Waals surface area (Å²) in [5.74, 6) is 0. The van der Waals surface area contributed by atoms with Gasteiger partial charge in [0.2, 0.25) is 0 Å². The number of hydrogen-bond acceptors (Lipinski definition) is 1. The number of hydrogen-bond donors (Lipinski definition) is 0. The van der Waals surface area contributed by atoms with Crippen molar-refractivity contribution in [3.05, 3.63) is 35.9 Å². The molecule has 0 aliphatic heterocycles. The summed E-state index contributed by atoms with van der Waals surface area (Å²) in [6, 6.07) is 10.6. The van der Waals surface area contributed by atoms with Gasteiger partial charge in [-0.25, -0.2) is 0 Å². The molecule has 1 rings (SSSR count). The van der Waals surface area contributed by atoms with E-state index in [9.17, 15) is 0 Å². The Morgan fingerprint density at radius 1 is 1.21 bits per heavy atom. The van der Waals surface area contributed by atoms with Gasteiger partial charge in [0, 0.05) is 6.54 Å². The maximum absolute atomic E-state index is 4.35. The third-order valence-corrected chi connectivity index (χ3v) is 2.17. The standard InChI is InChI=1S/C13H19N/c1-2-3-11-14-12-7-10-13-8-5-4-6-9-13/h4-6,8-9,12H,2-3,7,10-11H2,1H3. The molecular formula is C13H19N. The molecule has 0 radical (unpaired) electrons. The molecule has 0 spiro atoms. The third kappa shape index (κ3) is 4.80. The Bertz CT molecular complexity index is 251. The summed E-state index contributed by atoms with van der Waals surface area (Å²) in [6.45, 7) is 3.19. The maximum atomic E-state index is 4.35. The molecule has 0 fully saturated rings. The molecule has 0 bridgehead atoms. The molecule has 1 aromatic rings. The lowest BCUT2D eigenvalue weighted by Gasteiger charge is -1.96. The molecule has 0 saturated heterocycles. The summed E-state index contributed by atoms with van der Waals surface area (Å²) in [5.41, 5.74) is 1.40. The van der Waals surface area contributed by atoms with E-state index >= 15 is 0 Å². The largest absolute Gasteiger partial charge is 0.298 e. The summed E-state index contributed by atoms with van der Waals surface area (Å²) in [7, 11) is 0. The fourth-order valence-electron chi connectivity index (χ4n) is 1.31. The lowest BCUT2D eigenvalue weighted by atomic mass is 10.1. The van der Waals surface area contributed by atoms with Crippen molar-refractivity contribution < 1.29 is 0 Å². The van der Waals surface area contributed by atoms with Gasteiger partial charge in [0.05, 0.1) is 0 Å². The fraction of sp³-hybridized carbons (Fsp3) is 0.462. The van der Waals surface area contributed by atoms with Crippen LogP contribution in [0.3, 0.4) is 0 Å². The minimum absolute atomic E-state index is 0.991. The van der Waals surface area contributed by atoms with Crippen molar-refractivity contribution in [3.8, 4) is 0 Å². The number of aliphatic imine (C=N–C) groups is 1. The number of aryl methyl sites for hydroxylation is 1. The van der Waals surface area contributed by atoms with Crippen molar-refractivity contribution in [3.63, 3.8) is 0 Å². The van der Waals surface area contributed by atoms with E-state index in [0.717, 1.165) is 19.4 Å². The first-order valence-corrected chi connectivity index (χ1v) is 5.45. The van der Waals surface area contributed by atoms with Crippen LogP contribution in [0.4, 0.5) is 0 Å². The molecule has 0 unspecified atom stereocenters. The molecule has 0 aromatic heterocycles. The molecule has 1 heteroatoms. The molecule has 1 nitrogen and oxygen atoms in total. The summed E-state index contributed by atoms with van der Waals surface area (Å²) in [6.07, 6.45) is 6.67.